The van der Waals surface area contributed by atoms with Crippen LogP contribution >= 0.6 is 0 Å². The molecule has 0 unspecified atom stereocenters. The van der Waals surface area contributed by atoms with Crippen molar-refractivity contribution in [1.82, 2.24) is 4.90 Å². The van der Waals surface area contributed by atoms with Crippen LogP contribution in [0.3, 0.4) is 0 Å². The largest absolute Gasteiger partial charge is 0.394 e. The van der Waals surface area contributed by atoms with E-state index in [0.717, 1.165) is 0 Å². The normalized spacial score (nSPS) is 35.5. The van der Waals surface area contributed by atoms with Gasteiger partial charge in [-0.2, -0.15) is 4.99 Å². The second-order valence-electron chi connectivity index (χ2n) is 4.96. The molecule has 20 heavy (non-hydrogen) atoms. The standard InChI is InChI=1S/C10H17N7O3/c11-9-15-8-7(10(12,13)16-9)14-3-17(8)6-1-4(19)5(2-18)20-6/h4-6,18-19H,1-3,12-13H2,(H2,11,16)/t4-,5+,6+/m0/s1. The Kier molecular flexibility index (Phi) is 2.99. The highest BCUT2D eigenvalue weighted by atomic mass is 16.5. The Labute approximate surface area is 114 Å². The van der Waals surface area contributed by atoms with Crippen molar-refractivity contribution in [2.24, 2.45) is 32.2 Å². The lowest BCUT2D eigenvalue weighted by Crippen LogP contribution is -2.61. The van der Waals surface area contributed by atoms with E-state index in [1.54, 1.807) is 4.90 Å². The van der Waals surface area contributed by atoms with Gasteiger partial charge in [-0.25, -0.2) is 4.99 Å². The number of nitrogens with two attached hydrogens (primary N) is 3. The molecule has 0 amide bonds. The van der Waals surface area contributed by atoms with Crippen LogP contribution in [0.25, 0.3) is 0 Å². The maximum atomic E-state index is 9.78. The van der Waals surface area contributed by atoms with Crippen molar-refractivity contribution < 1.29 is 14.9 Å². The van der Waals surface area contributed by atoms with Crippen LogP contribution in [0.2, 0.25) is 0 Å². The van der Waals surface area contributed by atoms with Gasteiger partial charge in [0.2, 0.25) is 11.7 Å². The number of fused-ring (bicyclic) bond motifs is 1. The molecule has 1 fully saturated rings. The van der Waals surface area contributed by atoms with Crippen molar-refractivity contribution in [3.05, 3.63) is 0 Å². The molecule has 0 aliphatic carbocycles. The molecule has 0 aromatic rings. The summed E-state index contributed by atoms with van der Waals surface area (Å²) < 4.78 is 5.57. The van der Waals surface area contributed by atoms with Crippen molar-refractivity contribution in [2.75, 3.05) is 13.3 Å². The molecule has 0 spiro atoms. The van der Waals surface area contributed by atoms with Gasteiger partial charge in [-0.1, -0.05) is 0 Å². The van der Waals surface area contributed by atoms with Crippen LogP contribution in [-0.2, 0) is 4.74 Å². The Bertz CT molecular complexity index is 515. The Balaban J connectivity index is 1.84. The van der Waals surface area contributed by atoms with Crippen molar-refractivity contribution in [1.29, 1.82) is 0 Å². The second kappa shape index (κ2) is 4.46. The van der Waals surface area contributed by atoms with Gasteiger partial charge in [0.1, 0.15) is 24.7 Å². The third-order valence-corrected chi connectivity index (χ3v) is 3.50. The molecule has 10 nitrogen and oxygen atoms in total. The fourth-order valence-electron chi connectivity index (χ4n) is 2.52. The summed E-state index contributed by atoms with van der Waals surface area (Å²) >= 11 is 0. The van der Waals surface area contributed by atoms with Gasteiger partial charge in [0.15, 0.2) is 5.84 Å². The first-order chi connectivity index (χ1) is 9.42. The molecule has 0 radical (unpaired) electrons. The second-order valence-corrected chi connectivity index (χ2v) is 4.96. The number of rotatable bonds is 2. The smallest absolute Gasteiger partial charge is 0.220 e. The average molecular weight is 283 g/mol. The molecule has 1 saturated heterocycles. The highest BCUT2D eigenvalue weighted by Crippen LogP contribution is 2.27. The van der Waals surface area contributed by atoms with Crippen molar-refractivity contribution in [2.45, 2.75) is 30.6 Å². The van der Waals surface area contributed by atoms with E-state index in [4.69, 9.17) is 27.0 Å². The molecule has 3 heterocycles. The van der Waals surface area contributed by atoms with Gasteiger partial charge in [0, 0.05) is 6.42 Å². The zero-order valence-electron chi connectivity index (χ0n) is 10.7. The van der Waals surface area contributed by atoms with E-state index < -0.39 is 24.2 Å². The zero-order chi connectivity index (χ0) is 14.5. The molecule has 8 N–H and O–H groups in total. The van der Waals surface area contributed by atoms with Crippen LogP contribution in [0.5, 0.6) is 0 Å². The Morgan fingerprint density at radius 1 is 1.45 bits per heavy atom. The lowest BCUT2D eigenvalue weighted by atomic mass is 10.1. The first-order valence-electron chi connectivity index (χ1n) is 6.20. The van der Waals surface area contributed by atoms with E-state index in [0.29, 0.717) is 18.0 Å². The van der Waals surface area contributed by atoms with Crippen LogP contribution in [0.4, 0.5) is 0 Å². The van der Waals surface area contributed by atoms with Crippen LogP contribution in [0.15, 0.2) is 15.0 Å². The van der Waals surface area contributed by atoms with Gasteiger partial charge >= 0.3 is 0 Å². The minimum Gasteiger partial charge on any atom is -0.394 e. The molecule has 0 aromatic heterocycles. The van der Waals surface area contributed by atoms with Crippen LogP contribution in [-0.4, -0.2) is 70.1 Å². The quantitative estimate of drug-likeness (QED) is 0.327. The van der Waals surface area contributed by atoms with E-state index in [-0.39, 0.29) is 19.2 Å². The fourth-order valence-corrected chi connectivity index (χ4v) is 2.52. The number of aliphatic hydroxyl groups is 2. The maximum absolute atomic E-state index is 9.78. The van der Waals surface area contributed by atoms with Gasteiger partial charge in [-0.15, -0.1) is 0 Å². The van der Waals surface area contributed by atoms with Crippen LogP contribution in [0, 0.1) is 0 Å². The third kappa shape index (κ3) is 1.98. The minimum absolute atomic E-state index is 0.0342. The van der Waals surface area contributed by atoms with E-state index >= 15 is 0 Å². The van der Waals surface area contributed by atoms with Crippen molar-refractivity contribution in [3.63, 3.8) is 0 Å². The lowest BCUT2D eigenvalue weighted by molar-refractivity contribution is -0.0560. The molecule has 0 bridgehead atoms. The first kappa shape index (κ1) is 13.4. The molecule has 10 heteroatoms. The molecule has 0 aromatic carbocycles. The number of ether oxygens (including phenoxy) is 1. The monoisotopic (exact) mass is 283 g/mol. The Hall–Kier alpha value is -1.59. The zero-order valence-corrected chi connectivity index (χ0v) is 10.7. The van der Waals surface area contributed by atoms with Gasteiger partial charge in [-0.05, 0) is 0 Å². The lowest BCUT2D eigenvalue weighted by Gasteiger charge is -2.30. The molecular weight excluding hydrogens is 266 g/mol. The Morgan fingerprint density at radius 3 is 2.85 bits per heavy atom. The van der Waals surface area contributed by atoms with Gasteiger partial charge in [-0.3, -0.25) is 16.5 Å². The number of aliphatic imine (C=N–C) groups is 3. The predicted octanol–water partition coefficient (Wildman–Crippen LogP) is -3.53. The van der Waals surface area contributed by atoms with Gasteiger partial charge in [0.25, 0.3) is 0 Å². The van der Waals surface area contributed by atoms with Gasteiger partial charge in [0.05, 0.1) is 12.7 Å². The molecule has 3 rings (SSSR count). The summed E-state index contributed by atoms with van der Waals surface area (Å²) in [5.41, 5.74) is 17.6. The number of aliphatic hydroxyl groups excluding tert-OH is 2. The summed E-state index contributed by atoms with van der Waals surface area (Å²) in [6, 6.07) is 0. The number of amidine groups is 1. The summed E-state index contributed by atoms with van der Waals surface area (Å²) in [5, 5.41) is 18.9. The van der Waals surface area contributed by atoms with E-state index in [1.165, 1.54) is 0 Å². The van der Waals surface area contributed by atoms with Crippen molar-refractivity contribution >= 4 is 17.5 Å². The maximum Gasteiger partial charge on any atom is 0.220 e. The summed E-state index contributed by atoms with van der Waals surface area (Å²) in [5.74, 6) is -1.14. The summed E-state index contributed by atoms with van der Waals surface area (Å²) in [7, 11) is 0. The molecule has 110 valence electrons. The molecular formula is C10H17N7O3. The van der Waals surface area contributed by atoms with E-state index in [2.05, 4.69) is 15.0 Å². The fraction of sp³-hybridized carbons (Fsp3) is 0.700. The van der Waals surface area contributed by atoms with Crippen LogP contribution in [0.1, 0.15) is 6.42 Å². The summed E-state index contributed by atoms with van der Waals surface area (Å²) in [4.78, 5) is 13.9. The summed E-state index contributed by atoms with van der Waals surface area (Å²) in [6.45, 7) is -0.0182. The van der Waals surface area contributed by atoms with E-state index in [1.807, 2.05) is 0 Å². The van der Waals surface area contributed by atoms with Crippen molar-refractivity contribution in [3.8, 4) is 0 Å². The topological polar surface area (TPSA) is 168 Å². The SMILES string of the molecule is NC1=NC(N)(N)C2=NCN([C@H]3C[C@H](O)[C@@H](CO)O3)C2=N1. The first-order valence-corrected chi connectivity index (χ1v) is 6.20. The van der Waals surface area contributed by atoms with E-state index in [9.17, 15) is 5.11 Å². The Morgan fingerprint density at radius 2 is 2.20 bits per heavy atom. The molecule has 3 atom stereocenters. The number of hydrogen-bond acceptors (Lipinski definition) is 10. The number of guanidine groups is 1. The molecule has 3 aliphatic rings. The molecule has 3 aliphatic heterocycles. The number of hydrogen-bond donors (Lipinski definition) is 5. The van der Waals surface area contributed by atoms with Crippen LogP contribution < -0.4 is 17.2 Å². The average Bonchev–Trinajstić information content (AvgIpc) is 2.91. The minimum atomic E-state index is -1.51. The highest BCUT2D eigenvalue weighted by molar-refractivity contribution is 6.47. The summed E-state index contributed by atoms with van der Waals surface area (Å²) in [6.07, 6.45) is -1.51. The third-order valence-electron chi connectivity index (χ3n) is 3.50. The predicted molar refractivity (Wildman–Crippen MR) is 70.7 cm³/mol. The number of nitrogens with zero attached hydrogens (tertiary/aromatic N) is 4. The van der Waals surface area contributed by atoms with Gasteiger partial charge < -0.3 is 25.6 Å². The molecule has 0 saturated carbocycles. The highest BCUT2D eigenvalue weighted by Gasteiger charge is 2.45.